The Balaban J connectivity index is 2.87. The van der Waals surface area contributed by atoms with E-state index < -0.39 is 10.0 Å². The van der Waals surface area contributed by atoms with Gasteiger partial charge in [-0.05, 0) is 0 Å². The van der Waals surface area contributed by atoms with Gasteiger partial charge < -0.3 is 0 Å². The smallest absolute Gasteiger partial charge is 0.255 e. The first-order valence-electron chi connectivity index (χ1n) is 3.02. The summed E-state index contributed by atoms with van der Waals surface area (Å²) < 4.78 is 23.3. The van der Waals surface area contributed by atoms with Gasteiger partial charge in [0.2, 0.25) is 0 Å². The Morgan fingerprint density at radius 2 is 2.33 bits per heavy atom. The predicted octanol–water partition coefficient (Wildman–Crippen LogP) is 0.0432. The van der Waals surface area contributed by atoms with E-state index in [1.165, 1.54) is 21.9 Å². The van der Waals surface area contributed by atoms with Crippen LogP contribution in [0, 0.1) is 0 Å². The van der Waals surface area contributed by atoms with Gasteiger partial charge in [-0.25, -0.2) is 18.5 Å². The number of rotatable bonds is 1. The molecule has 0 unspecified atom stereocenters. The maximum absolute atomic E-state index is 10.9. The van der Waals surface area contributed by atoms with Crippen LogP contribution in [0.2, 0.25) is 0 Å². The molecule has 5 nitrogen and oxygen atoms in total. The largest absolute Gasteiger partial charge is 0.280 e. The predicted molar refractivity (Wildman–Crippen MR) is 44.4 cm³/mol. The zero-order valence-corrected chi connectivity index (χ0v) is 7.47. The molecule has 64 valence electrons. The number of hydrogen-bond donors (Lipinski definition) is 1. The highest BCUT2D eigenvalue weighted by Gasteiger charge is 2.14. The molecule has 0 aliphatic carbocycles. The number of imidazole rings is 1. The molecule has 12 heavy (non-hydrogen) atoms. The minimum Gasteiger partial charge on any atom is -0.280 e. The van der Waals surface area contributed by atoms with Crippen LogP contribution in [0.15, 0.2) is 22.8 Å². The molecule has 0 aromatic carbocycles. The summed E-state index contributed by atoms with van der Waals surface area (Å²) in [4.78, 5) is 4.49. The molecule has 0 saturated heterocycles. The van der Waals surface area contributed by atoms with Crippen LogP contribution >= 0.6 is 11.3 Å². The van der Waals surface area contributed by atoms with Crippen LogP contribution in [-0.4, -0.2) is 17.8 Å². The molecule has 0 radical (unpaired) electrons. The highest BCUT2D eigenvalue weighted by atomic mass is 32.2. The normalized spacial score (nSPS) is 12.4. The molecule has 2 N–H and O–H groups in total. The lowest BCUT2D eigenvalue weighted by atomic mass is 10.9. The summed E-state index contributed by atoms with van der Waals surface area (Å²) in [6.07, 6.45) is 2.87. The third-order valence-corrected chi connectivity index (χ3v) is 3.06. The fourth-order valence-corrected chi connectivity index (χ4v) is 2.29. The quantitative estimate of drug-likeness (QED) is 0.711. The summed E-state index contributed by atoms with van der Waals surface area (Å²) in [5.74, 6) is 0. The van der Waals surface area contributed by atoms with E-state index in [4.69, 9.17) is 5.14 Å². The van der Waals surface area contributed by atoms with Gasteiger partial charge in [0.05, 0.1) is 6.20 Å². The minimum absolute atomic E-state index is 0.0266. The zero-order valence-electron chi connectivity index (χ0n) is 5.84. The maximum atomic E-state index is 10.9. The first-order valence-corrected chi connectivity index (χ1v) is 5.45. The Hall–Kier alpha value is -0.920. The van der Waals surface area contributed by atoms with Crippen molar-refractivity contribution in [3.63, 3.8) is 0 Å². The monoisotopic (exact) mass is 203 g/mol. The van der Waals surface area contributed by atoms with E-state index in [2.05, 4.69) is 4.98 Å². The van der Waals surface area contributed by atoms with Gasteiger partial charge >= 0.3 is 0 Å². The van der Waals surface area contributed by atoms with E-state index in [9.17, 15) is 8.42 Å². The molecule has 0 saturated carbocycles. The summed E-state index contributed by atoms with van der Waals surface area (Å²) in [7, 11) is -3.65. The topological polar surface area (TPSA) is 77.5 Å². The van der Waals surface area contributed by atoms with Crippen LogP contribution < -0.4 is 5.14 Å². The number of fused-ring (bicyclic) bond motifs is 1. The first kappa shape index (κ1) is 7.71. The van der Waals surface area contributed by atoms with Crippen LogP contribution in [0.3, 0.4) is 0 Å². The van der Waals surface area contributed by atoms with Crippen LogP contribution in [0.25, 0.3) is 4.96 Å². The van der Waals surface area contributed by atoms with Crippen LogP contribution in [0.1, 0.15) is 0 Å². The van der Waals surface area contributed by atoms with Crippen molar-refractivity contribution in [1.82, 2.24) is 9.38 Å². The lowest BCUT2D eigenvalue weighted by molar-refractivity contribution is 0.593. The van der Waals surface area contributed by atoms with Crippen molar-refractivity contribution in [3.05, 3.63) is 17.8 Å². The molecular formula is C5H5N3O2S2. The Bertz CT molecular complexity index is 510. The number of aromatic nitrogens is 2. The molecular weight excluding hydrogens is 198 g/mol. The van der Waals surface area contributed by atoms with Crippen molar-refractivity contribution in [2.24, 2.45) is 5.14 Å². The number of hydrogen-bond acceptors (Lipinski definition) is 4. The van der Waals surface area contributed by atoms with Crippen molar-refractivity contribution in [2.75, 3.05) is 0 Å². The summed E-state index contributed by atoms with van der Waals surface area (Å²) in [5.41, 5.74) is 0. The van der Waals surface area contributed by atoms with Crippen molar-refractivity contribution in [1.29, 1.82) is 0 Å². The van der Waals surface area contributed by atoms with E-state index in [-0.39, 0.29) is 5.03 Å². The van der Waals surface area contributed by atoms with Gasteiger partial charge in [-0.1, -0.05) is 0 Å². The summed E-state index contributed by atoms with van der Waals surface area (Å²) in [6, 6.07) is 0. The van der Waals surface area contributed by atoms with E-state index in [0.29, 0.717) is 4.96 Å². The molecule has 0 atom stereocenters. The molecule has 2 aromatic rings. The van der Waals surface area contributed by atoms with E-state index in [1.807, 2.05) is 0 Å². The molecule has 0 amide bonds. The number of thiazole rings is 1. The molecule has 0 spiro atoms. The second-order valence-corrected chi connectivity index (χ2v) is 4.58. The lowest BCUT2D eigenvalue weighted by Gasteiger charge is -1.92. The third-order valence-electron chi connectivity index (χ3n) is 1.40. The van der Waals surface area contributed by atoms with Crippen molar-refractivity contribution in [2.45, 2.75) is 5.03 Å². The number of nitrogens with zero attached hydrogens (tertiary/aromatic N) is 2. The molecule has 0 bridgehead atoms. The van der Waals surface area contributed by atoms with Gasteiger partial charge in [-0.15, -0.1) is 11.3 Å². The Kier molecular flexibility index (Phi) is 1.47. The number of primary sulfonamides is 1. The van der Waals surface area contributed by atoms with Crippen LogP contribution in [0.5, 0.6) is 0 Å². The molecule has 2 heterocycles. The number of nitrogens with two attached hydrogens (primary N) is 1. The lowest BCUT2D eigenvalue weighted by Crippen LogP contribution is -2.13. The SMILES string of the molecule is NS(=O)(=O)c1cnc2sccn12. The van der Waals surface area contributed by atoms with E-state index in [0.717, 1.165) is 0 Å². The Morgan fingerprint density at radius 3 is 3.00 bits per heavy atom. The highest BCUT2D eigenvalue weighted by Crippen LogP contribution is 2.14. The summed E-state index contributed by atoms with van der Waals surface area (Å²) >= 11 is 1.36. The van der Waals surface area contributed by atoms with Crippen molar-refractivity contribution < 1.29 is 8.42 Å². The molecule has 2 aromatic heterocycles. The fourth-order valence-electron chi connectivity index (χ4n) is 0.916. The minimum atomic E-state index is -3.65. The zero-order chi connectivity index (χ0) is 8.77. The average molecular weight is 203 g/mol. The maximum Gasteiger partial charge on any atom is 0.255 e. The fraction of sp³-hybridized carbons (Fsp3) is 0. The Labute approximate surface area is 72.5 Å². The second kappa shape index (κ2) is 2.28. The highest BCUT2D eigenvalue weighted by molar-refractivity contribution is 7.89. The van der Waals surface area contributed by atoms with Crippen molar-refractivity contribution in [3.8, 4) is 0 Å². The van der Waals surface area contributed by atoms with Crippen LogP contribution in [-0.2, 0) is 10.0 Å². The summed E-state index contributed by atoms with van der Waals surface area (Å²) in [6.45, 7) is 0. The molecule has 0 aliphatic rings. The van der Waals surface area contributed by atoms with E-state index >= 15 is 0 Å². The Morgan fingerprint density at radius 1 is 1.58 bits per heavy atom. The molecule has 2 rings (SSSR count). The van der Waals surface area contributed by atoms with Gasteiger partial charge in [-0.2, -0.15) is 0 Å². The van der Waals surface area contributed by atoms with Gasteiger partial charge in [0.25, 0.3) is 10.0 Å². The van der Waals surface area contributed by atoms with Crippen LogP contribution in [0.4, 0.5) is 0 Å². The van der Waals surface area contributed by atoms with E-state index in [1.54, 1.807) is 11.6 Å². The van der Waals surface area contributed by atoms with Gasteiger partial charge in [0.1, 0.15) is 0 Å². The van der Waals surface area contributed by atoms with Gasteiger partial charge in [-0.3, -0.25) is 4.40 Å². The molecule has 7 heteroatoms. The molecule has 0 aliphatic heterocycles. The third kappa shape index (κ3) is 1.02. The van der Waals surface area contributed by atoms with Crippen molar-refractivity contribution >= 4 is 26.3 Å². The number of sulfonamides is 1. The van der Waals surface area contributed by atoms with Gasteiger partial charge in [0.15, 0.2) is 9.99 Å². The standard InChI is InChI=1S/C5H5N3O2S2/c6-12(9,10)4-3-7-5-8(4)1-2-11-5/h1-3H,(H2,6,9,10). The first-order chi connectivity index (χ1) is 5.59. The van der Waals surface area contributed by atoms with Gasteiger partial charge in [0, 0.05) is 11.6 Å². The second-order valence-electron chi connectivity index (χ2n) is 2.20. The average Bonchev–Trinajstić information content (AvgIpc) is 2.37. The molecule has 0 fully saturated rings. The summed E-state index contributed by atoms with van der Waals surface area (Å²) in [5, 5.41) is 6.72.